The normalized spacial score (nSPS) is 14.4. The van der Waals surface area contributed by atoms with Crippen LogP contribution in [0.4, 0.5) is 11.4 Å². The minimum Gasteiger partial charge on any atom is -0.366 e. The first-order valence-electron chi connectivity index (χ1n) is 8.29. The molecule has 134 valence electrons. The summed E-state index contributed by atoms with van der Waals surface area (Å²) in [5.41, 5.74) is 1.62. The molecule has 26 heavy (non-hydrogen) atoms. The van der Waals surface area contributed by atoms with Gasteiger partial charge in [-0.3, -0.25) is 4.79 Å². The molecule has 0 bridgehead atoms. The first-order valence-corrected chi connectivity index (χ1v) is 10.3. The maximum Gasteiger partial charge on any atom is 0.229 e. The summed E-state index contributed by atoms with van der Waals surface area (Å²) in [5.74, 6) is 2.86. The van der Waals surface area contributed by atoms with Crippen LogP contribution >= 0.6 is 23.1 Å². The number of hydrogen-bond acceptors (Lipinski definition) is 7. The van der Waals surface area contributed by atoms with Crippen molar-refractivity contribution >= 4 is 40.4 Å². The quantitative estimate of drug-likeness (QED) is 0.726. The maximum absolute atomic E-state index is 12.2. The Balaban J connectivity index is 1.50. The van der Waals surface area contributed by atoms with Crippen LogP contribution in [0.2, 0.25) is 0 Å². The van der Waals surface area contributed by atoms with E-state index >= 15 is 0 Å². The number of amides is 1. The summed E-state index contributed by atoms with van der Waals surface area (Å²) >= 11 is 3.53. The summed E-state index contributed by atoms with van der Waals surface area (Å²) in [6.45, 7) is 1.94. The Kier molecular flexibility index (Phi) is 5.16. The van der Waals surface area contributed by atoms with Gasteiger partial charge in [-0.05, 0) is 11.4 Å². The third-order valence-corrected chi connectivity index (χ3v) is 5.84. The number of anilines is 2. The van der Waals surface area contributed by atoms with Gasteiger partial charge >= 0.3 is 0 Å². The molecule has 3 aromatic rings. The second kappa shape index (κ2) is 7.88. The summed E-state index contributed by atoms with van der Waals surface area (Å²) in [6, 6.07) is 3.90. The van der Waals surface area contributed by atoms with E-state index in [2.05, 4.69) is 25.3 Å². The molecule has 0 radical (unpaired) electrons. The molecule has 1 aliphatic rings. The van der Waals surface area contributed by atoms with E-state index in [-0.39, 0.29) is 5.91 Å². The lowest BCUT2D eigenvalue weighted by atomic mass is 10.3. The second-order valence-electron chi connectivity index (χ2n) is 5.81. The van der Waals surface area contributed by atoms with Crippen LogP contribution in [0.25, 0.3) is 5.82 Å². The van der Waals surface area contributed by atoms with Crippen molar-refractivity contribution in [2.45, 2.75) is 6.42 Å². The van der Waals surface area contributed by atoms with E-state index in [0.717, 1.165) is 41.0 Å². The van der Waals surface area contributed by atoms with E-state index in [1.54, 1.807) is 28.4 Å². The van der Waals surface area contributed by atoms with Gasteiger partial charge < -0.3 is 10.2 Å². The molecule has 0 atom stereocenters. The molecule has 9 heteroatoms. The first kappa shape index (κ1) is 17.0. The van der Waals surface area contributed by atoms with Crippen molar-refractivity contribution in [2.24, 2.45) is 0 Å². The largest absolute Gasteiger partial charge is 0.366 e. The monoisotopic (exact) mass is 386 g/mol. The number of nitrogens with zero attached hydrogens (tertiary/aromatic N) is 5. The van der Waals surface area contributed by atoms with Crippen molar-refractivity contribution in [3.8, 4) is 5.82 Å². The average molecular weight is 387 g/mol. The number of hydrogen-bond donors (Lipinski definition) is 1. The predicted octanol–water partition coefficient (Wildman–Crippen LogP) is 2.46. The highest BCUT2D eigenvalue weighted by atomic mass is 32.2. The lowest BCUT2D eigenvalue weighted by Gasteiger charge is -2.29. The van der Waals surface area contributed by atoms with Gasteiger partial charge in [0, 0.05) is 29.5 Å². The van der Waals surface area contributed by atoms with Crippen molar-refractivity contribution in [1.29, 1.82) is 0 Å². The summed E-state index contributed by atoms with van der Waals surface area (Å²) in [6.07, 6.45) is 7.15. The van der Waals surface area contributed by atoms with E-state index < -0.39 is 0 Å². The molecule has 1 fully saturated rings. The van der Waals surface area contributed by atoms with Gasteiger partial charge in [0.05, 0.1) is 30.7 Å². The number of thioether (sulfide) groups is 1. The van der Waals surface area contributed by atoms with E-state index in [9.17, 15) is 4.79 Å². The maximum atomic E-state index is 12.2. The topological polar surface area (TPSA) is 75.9 Å². The standard InChI is InChI=1S/C17H18N6OS2/c24-16(8-14-2-1-5-26-14)21-13-9-20-23(11-13)17-15(10-18-12-19-17)22-3-6-25-7-4-22/h1-2,5,9-12H,3-4,6-8H2,(H,21,24). The molecular weight excluding hydrogens is 368 g/mol. The fraction of sp³-hybridized carbons (Fsp3) is 0.294. The molecule has 1 saturated heterocycles. The van der Waals surface area contributed by atoms with Crippen LogP contribution in [0.5, 0.6) is 0 Å². The molecule has 1 N–H and O–H groups in total. The van der Waals surface area contributed by atoms with Gasteiger partial charge in [-0.1, -0.05) is 6.07 Å². The van der Waals surface area contributed by atoms with Crippen LogP contribution in [-0.4, -0.2) is 50.3 Å². The Morgan fingerprint density at radius 2 is 2.15 bits per heavy atom. The summed E-state index contributed by atoms with van der Waals surface area (Å²) < 4.78 is 1.69. The zero-order valence-electron chi connectivity index (χ0n) is 14.0. The summed E-state index contributed by atoms with van der Waals surface area (Å²) in [4.78, 5) is 24.1. The first-order chi connectivity index (χ1) is 12.8. The van der Waals surface area contributed by atoms with Crippen LogP contribution in [0.1, 0.15) is 4.88 Å². The third-order valence-electron chi connectivity index (χ3n) is 4.02. The molecule has 1 aliphatic heterocycles. The van der Waals surface area contributed by atoms with Crippen LogP contribution in [0, 0.1) is 0 Å². The molecule has 4 heterocycles. The van der Waals surface area contributed by atoms with Gasteiger partial charge in [0.15, 0.2) is 5.82 Å². The molecule has 0 aromatic carbocycles. The van der Waals surface area contributed by atoms with Crippen LogP contribution in [-0.2, 0) is 11.2 Å². The Hall–Kier alpha value is -2.39. The highest BCUT2D eigenvalue weighted by Gasteiger charge is 2.18. The summed E-state index contributed by atoms with van der Waals surface area (Å²) in [5, 5.41) is 9.24. The molecule has 0 aliphatic carbocycles. The third kappa shape index (κ3) is 3.88. The van der Waals surface area contributed by atoms with Gasteiger partial charge in [0.2, 0.25) is 5.91 Å². The molecule has 3 aromatic heterocycles. The van der Waals surface area contributed by atoms with E-state index in [1.165, 1.54) is 6.33 Å². The SMILES string of the molecule is O=C(Cc1cccs1)Nc1cnn(-c2ncncc2N2CCSCC2)c1. The Morgan fingerprint density at radius 1 is 1.27 bits per heavy atom. The molecule has 0 unspecified atom stereocenters. The molecule has 4 rings (SSSR count). The van der Waals surface area contributed by atoms with Gasteiger partial charge in [-0.2, -0.15) is 16.9 Å². The van der Waals surface area contributed by atoms with E-state index in [4.69, 9.17) is 0 Å². The smallest absolute Gasteiger partial charge is 0.229 e. The minimum absolute atomic E-state index is 0.0528. The predicted molar refractivity (Wildman–Crippen MR) is 105 cm³/mol. The number of thiophene rings is 1. The van der Waals surface area contributed by atoms with Crippen molar-refractivity contribution in [3.63, 3.8) is 0 Å². The number of nitrogens with one attached hydrogen (secondary N) is 1. The lowest BCUT2D eigenvalue weighted by molar-refractivity contribution is -0.115. The lowest BCUT2D eigenvalue weighted by Crippen LogP contribution is -2.33. The highest BCUT2D eigenvalue weighted by Crippen LogP contribution is 2.24. The summed E-state index contributed by atoms with van der Waals surface area (Å²) in [7, 11) is 0. The van der Waals surface area contributed by atoms with Gasteiger partial charge in [0.1, 0.15) is 12.0 Å². The van der Waals surface area contributed by atoms with Crippen molar-refractivity contribution < 1.29 is 4.79 Å². The van der Waals surface area contributed by atoms with E-state index in [0.29, 0.717) is 12.1 Å². The van der Waals surface area contributed by atoms with Crippen LogP contribution < -0.4 is 10.2 Å². The molecule has 0 saturated carbocycles. The number of carbonyl (C=O) groups is 1. The Labute approximate surface area is 159 Å². The highest BCUT2D eigenvalue weighted by molar-refractivity contribution is 7.99. The van der Waals surface area contributed by atoms with Crippen molar-refractivity contribution in [3.05, 3.63) is 47.3 Å². The molecule has 1 amide bonds. The van der Waals surface area contributed by atoms with E-state index in [1.807, 2.05) is 35.5 Å². The van der Waals surface area contributed by atoms with Crippen molar-refractivity contribution in [1.82, 2.24) is 19.7 Å². The number of carbonyl (C=O) groups excluding carboxylic acids is 1. The van der Waals surface area contributed by atoms with Crippen molar-refractivity contribution in [2.75, 3.05) is 34.8 Å². The van der Waals surface area contributed by atoms with Gasteiger partial charge in [0.25, 0.3) is 0 Å². The van der Waals surface area contributed by atoms with Gasteiger partial charge in [-0.15, -0.1) is 11.3 Å². The zero-order valence-corrected chi connectivity index (χ0v) is 15.7. The molecule has 0 spiro atoms. The van der Waals surface area contributed by atoms with Crippen LogP contribution in [0.3, 0.4) is 0 Å². The Morgan fingerprint density at radius 3 is 2.96 bits per heavy atom. The average Bonchev–Trinajstić information content (AvgIpc) is 3.34. The van der Waals surface area contributed by atoms with Crippen LogP contribution in [0.15, 0.2) is 42.4 Å². The molecule has 7 nitrogen and oxygen atoms in total. The number of aromatic nitrogens is 4. The second-order valence-corrected chi connectivity index (χ2v) is 8.07. The van der Waals surface area contributed by atoms with Gasteiger partial charge in [-0.25, -0.2) is 14.6 Å². The molecular formula is C17H18N6OS2. The minimum atomic E-state index is -0.0528. The zero-order chi connectivity index (χ0) is 17.8. The fourth-order valence-corrected chi connectivity index (χ4v) is 4.41. The number of rotatable bonds is 5. The fourth-order valence-electron chi connectivity index (χ4n) is 2.80. The Bertz CT molecular complexity index is 873.